The number of nitrogens with zero attached hydrogens (tertiary/aromatic N) is 3. The van der Waals surface area contributed by atoms with Crippen molar-refractivity contribution in [2.24, 2.45) is 0 Å². The molecular formula is C26H20Cl2N4O2S. The van der Waals surface area contributed by atoms with Crippen molar-refractivity contribution in [2.75, 3.05) is 18.7 Å². The van der Waals surface area contributed by atoms with Gasteiger partial charge in [0.15, 0.2) is 6.10 Å². The van der Waals surface area contributed by atoms with Gasteiger partial charge in [-0.1, -0.05) is 65.3 Å². The van der Waals surface area contributed by atoms with Crippen LogP contribution in [0.15, 0.2) is 77.5 Å². The second-order valence-corrected chi connectivity index (χ2v) is 9.77. The van der Waals surface area contributed by atoms with Crippen molar-refractivity contribution in [1.29, 1.82) is 0 Å². The van der Waals surface area contributed by atoms with Crippen LogP contribution < -0.4 is 14.8 Å². The lowest BCUT2D eigenvalue weighted by Gasteiger charge is -2.39. The second kappa shape index (κ2) is 8.82. The Labute approximate surface area is 216 Å². The van der Waals surface area contributed by atoms with E-state index in [1.54, 1.807) is 7.11 Å². The van der Waals surface area contributed by atoms with Crippen LogP contribution in [0.1, 0.15) is 28.8 Å². The third-order valence-corrected chi connectivity index (χ3v) is 7.33. The van der Waals surface area contributed by atoms with Gasteiger partial charge >= 0.3 is 0 Å². The molecule has 176 valence electrons. The summed E-state index contributed by atoms with van der Waals surface area (Å²) in [5.74, 6) is 2.15. The molecule has 0 saturated heterocycles. The zero-order chi connectivity index (χ0) is 24.1. The molecule has 1 aromatic heterocycles. The van der Waals surface area contributed by atoms with E-state index in [4.69, 9.17) is 42.8 Å². The quantitative estimate of drug-likeness (QED) is 0.295. The Hall–Kier alpha value is -3.13. The lowest BCUT2D eigenvalue weighted by Crippen LogP contribution is -2.32. The highest BCUT2D eigenvalue weighted by Gasteiger charge is 2.42. The lowest BCUT2D eigenvalue weighted by molar-refractivity contribution is 0.223. The Morgan fingerprint density at radius 2 is 1.86 bits per heavy atom. The van der Waals surface area contributed by atoms with Crippen LogP contribution in [0.4, 0.5) is 5.95 Å². The van der Waals surface area contributed by atoms with Gasteiger partial charge in [-0.15, -0.1) is 5.10 Å². The number of benzene rings is 3. The van der Waals surface area contributed by atoms with Gasteiger partial charge in [0.1, 0.15) is 17.5 Å². The van der Waals surface area contributed by atoms with Crippen LogP contribution in [0.25, 0.3) is 5.70 Å². The molecule has 0 radical (unpaired) electrons. The fraction of sp³-hybridized carbons (Fsp3) is 0.154. The van der Waals surface area contributed by atoms with E-state index in [1.807, 2.05) is 77.7 Å². The molecule has 9 heteroatoms. The minimum atomic E-state index is -0.456. The van der Waals surface area contributed by atoms with Crippen LogP contribution in [-0.2, 0) is 0 Å². The van der Waals surface area contributed by atoms with Crippen molar-refractivity contribution >= 4 is 46.6 Å². The Morgan fingerprint density at radius 1 is 1.06 bits per heavy atom. The van der Waals surface area contributed by atoms with Gasteiger partial charge < -0.3 is 14.8 Å². The highest BCUT2D eigenvalue weighted by molar-refractivity contribution is 7.98. The first kappa shape index (κ1) is 22.3. The number of rotatable bonds is 4. The normalized spacial score (nSPS) is 18.2. The van der Waals surface area contributed by atoms with Gasteiger partial charge in [-0.25, -0.2) is 4.68 Å². The SMILES string of the molecule is COc1ccc([C@@H]2C3=C(Nc4nc(SC)nn42)c2cc(Cl)ccc2O[C@@H]3c2ccccc2Cl)cc1. The summed E-state index contributed by atoms with van der Waals surface area (Å²) in [5, 5.41) is 10.3. The van der Waals surface area contributed by atoms with Crippen molar-refractivity contribution in [1.82, 2.24) is 14.8 Å². The molecule has 0 unspecified atom stereocenters. The van der Waals surface area contributed by atoms with E-state index in [0.717, 1.165) is 39.5 Å². The maximum atomic E-state index is 6.70. The molecule has 1 N–H and O–H groups in total. The third kappa shape index (κ3) is 3.75. The highest BCUT2D eigenvalue weighted by Crippen LogP contribution is 2.52. The molecule has 0 amide bonds. The molecule has 2 aliphatic heterocycles. The molecule has 0 spiro atoms. The molecule has 35 heavy (non-hydrogen) atoms. The van der Waals surface area contributed by atoms with Crippen molar-refractivity contribution < 1.29 is 9.47 Å². The standard InChI is InChI=1S/C26H20Cl2N4O2S/c1-33-16-10-7-14(8-11-16)23-21-22(29-25-30-26(35-2)31-32(23)25)18-13-15(27)9-12-20(18)34-24(21)17-5-3-4-6-19(17)28/h3-13,23-24H,1-2H3,(H,29,30,31)/t23-,24-/m1/s1. The Bertz CT molecular complexity index is 1470. The van der Waals surface area contributed by atoms with E-state index in [0.29, 0.717) is 21.2 Å². The number of anilines is 1. The Kier molecular flexibility index (Phi) is 5.63. The summed E-state index contributed by atoms with van der Waals surface area (Å²) < 4.78 is 13.9. The molecular weight excluding hydrogens is 503 g/mol. The first-order valence-electron chi connectivity index (χ1n) is 10.9. The van der Waals surface area contributed by atoms with Gasteiger partial charge in [-0.2, -0.15) is 4.98 Å². The van der Waals surface area contributed by atoms with Gasteiger partial charge in [-0.3, -0.25) is 0 Å². The van der Waals surface area contributed by atoms with E-state index in [1.165, 1.54) is 11.8 Å². The van der Waals surface area contributed by atoms with E-state index in [-0.39, 0.29) is 6.04 Å². The average Bonchev–Trinajstić information content (AvgIpc) is 3.30. The number of fused-ring (bicyclic) bond motifs is 3. The monoisotopic (exact) mass is 522 g/mol. The van der Waals surface area contributed by atoms with Crippen LogP contribution >= 0.6 is 35.0 Å². The number of ether oxygens (including phenoxy) is 2. The first-order valence-corrected chi connectivity index (χ1v) is 12.9. The van der Waals surface area contributed by atoms with Crippen LogP contribution in [0, 0.1) is 0 Å². The molecule has 6 nitrogen and oxygen atoms in total. The fourth-order valence-electron chi connectivity index (χ4n) is 4.62. The van der Waals surface area contributed by atoms with Crippen molar-refractivity contribution in [3.05, 3.63) is 99.0 Å². The summed E-state index contributed by atoms with van der Waals surface area (Å²) in [4.78, 5) is 4.73. The third-order valence-electron chi connectivity index (χ3n) is 6.22. The number of hydrogen-bond donors (Lipinski definition) is 1. The summed E-state index contributed by atoms with van der Waals surface area (Å²) >= 11 is 14.6. The Morgan fingerprint density at radius 3 is 2.60 bits per heavy atom. The second-order valence-electron chi connectivity index (χ2n) is 8.16. The molecule has 0 fully saturated rings. The van der Waals surface area contributed by atoms with Gasteiger partial charge in [0.05, 0.1) is 12.8 Å². The molecule has 0 saturated carbocycles. The lowest BCUT2D eigenvalue weighted by atomic mass is 9.84. The van der Waals surface area contributed by atoms with E-state index in [2.05, 4.69) is 5.32 Å². The molecule has 0 aliphatic carbocycles. The zero-order valence-electron chi connectivity index (χ0n) is 18.8. The predicted molar refractivity (Wildman–Crippen MR) is 140 cm³/mol. The molecule has 2 aliphatic rings. The fourth-order valence-corrected chi connectivity index (χ4v) is 5.38. The number of thioether (sulfide) groups is 1. The Balaban J connectivity index is 1.64. The summed E-state index contributed by atoms with van der Waals surface area (Å²) in [5.41, 5.74) is 4.63. The number of nitrogens with one attached hydrogen (secondary N) is 1. The summed E-state index contributed by atoms with van der Waals surface area (Å²) in [6.45, 7) is 0. The molecule has 4 aromatic rings. The number of halogens is 2. The van der Waals surface area contributed by atoms with Crippen LogP contribution in [-0.4, -0.2) is 28.1 Å². The first-order chi connectivity index (χ1) is 17.1. The number of methoxy groups -OCH3 is 1. The average molecular weight is 523 g/mol. The molecule has 6 rings (SSSR count). The van der Waals surface area contributed by atoms with E-state index >= 15 is 0 Å². The van der Waals surface area contributed by atoms with Crippen LogP contribution in [0.5, 0.6) is 11.5 Å². The van der Waals surface area contributed by atoms with Gasteiger partial charge in [0.2, 0.25) is 11.1 Å². The summed E-state index contributed by atoms with van der Waals surface area (Å²) in [7, 11) is 1.66. The molecule has 3 aromatic carbocycles. The smallest absolute Gasteiger partial charge is 0.227 e. The maximum Gasteiger partial charge on any atom is 0.227 e. The molecule has 0 bridgehead atoms. The predicted octanol–water partition coefficient (Wildman–Crippen LogP) is 6.88. The largest absolute Gasteiger partial charge is 0.497 e. The minimum Gasteiger partial charge on any atom is -0.497 e. The van der Waals surface area contributed by atoms with E-state index in [9.17, 15) is 0 Å². The van der Waals surface area contributed by atoms with Gasteiger partial charge in [-0.05, 0) is 48.2 Å². The minimum absolute atomic E-state index is 0.297. The maximum absolute atomic E-state index is 6.70. The van der Waals surface area contributed by atoms with Crippen LogP contribution in [0.3, 0.4) is 0 Å². The van der Waals surface area contributed by atoms with Gasteiger partial charge in [0, 0.05) is 26.7 Å². The topological polar surface area (TPSA) is 61.2 Å². The van der Waals surface area contributed by atoms with Crippen molar-refractivity contribution in [2.45, 2.75) is 17.3 Å². The number of aromatic nitrogens is 3. The zero-order valence-corrected chi connectivity index (χ0v) is 21.2. The van der Waals surface area contributed by atoms with E-state index < -0.39 is 6.10 Å². The summed E-state index contributed by atoms with van der Waals surface area (Å²) in [6, 6.07) is 21.1. The van der Waals surface area contributed by atoms with Crippen LogP contribution in [0.2, 0.25) is 10.0 Å². The summed E-state index contributed by atoms with van der Waals surface area (Å²) in [6.07, 6.45) is 1.50. The number of hydrogen-bond acceptors (Lipinski definition) is 6. The van der Waals surface area contributed by atoms with Crippen molar-refractivity contribution in [3.8, 4) is 11.5 Å². The molecule has 3 heterocycles. The van der Waals surface area contributed by atoms with Gasteiger partial charge in [0.25, 0.3) is 0 Å². The van der Waals surface area contributed by atoms with Crippen molar-refractivity contribution in [3.63, 3.8) is 0 Å². The highest BCUT2D eigenvalue weighted by atomic mass is 35.5. The molecule has 2 atom stereocenters.